The Morgan fingerprint density at radius 2 is 2.11 bits per heavy atom. The summed E-state index contributed by atoms with van der Waals surface area (Å²) in [7, 11) is 0. The van der Waals surface area contributed by atoms with Crippen LogP contribution in [0.1, 0.15) is 26.7 Å². The van der Waals surface area contributed by atoms with E-state index >= 15 is 0 Å². The van der Waals surface area contributed by atoms with Crippen LogP contribution in [-0.4, -0.2) is 48.6 Å². The zero-order chi connectivity index (χ0) is 13.7. The Kier molecular flexibility index (Phi) is 5.60. The van der Waals surface area contributed by atoms with Crippen LogP contribution in [0.5, 0.6) is 0 Å². The molecular weight excluding hydrogens is 256 g/mol. The molecule has 1 aromatic heterocycles. The van der Waals surface area contributed by atoms with E-state index < -0.39 is 0 Å². The lowest BCUT2D eigenvalue weighted by Gasteiger charge is -2.41. The molecule has 19 heavy (non-hydrogen) atoms. The second-order valence-electron chi connectivity index (χ2n) is 5.41. The van der Waals surface area contributed by atoms with Crippen molar-refractivity contribution in [3.8, 4) is 0 Å². The smallest absolute Gasteiger partial charge is 0.185 e. The van der Waals surface area contributed by atoms with E-state index in [9.17, 15) is 0 Å². The number of hydrogen-bond donors (Lipinski definition) is 1. The first-order valence-electron chi connectivity index (χ1n) is 7.34. The summed E-state index contributed by atoms with van der Waals surface area (Å²) >= 11 is 1.73. The SMILES string of the molecule is CCCC(C)C(CN)N1CCN(c2nccs2)CC1. The van der Waals surface area contributed by atoms with Gasteiger partial charge in [-0.25, -0.2) is 4.98 Å². The topological polar surface area (TPSA) is 45.4 Å². The Bertz CT molecular complexity index is 346. The fourth-order valence-corrected chi connectivity index (χ4v) is 3.70. The molecule has 1 aromatic rings. The highest BCUT2D eigenvalue weighted by Crippen LogP contribution is 2.22. The fourth-order valence-electron chi connectivity index (χ4n) is 3.01. The van der Waals surface area contributed by atoms with Crippen LogP contribution in [0, 0.1) is 5.92 Å². The van der Waals surface area contributed by atoms with Crippen LogP contribution in [0.3, 0.4) is 0 Å². The summed E-state index contributed by atoms with van der Waals surface area (Å²) in [5.41, 5.74) is 6.00. The van der Waals surface area contributed by atoms with Gasteiger partial charge in [0.25, 0.3) is 0 Å². The van der Waals surface area contributed by atoms with Crippen molar-refractivity contribution >= 4 is 16.5 Å². The molecular formula is C14H26N4S. The third-order valence-corrected chi connectivity index (χ3v) is 4.95. The third-order valence-electron chi connectivity index (χ3n) is 4.12. The van der Waals surface area contributed by atoms with Crippen LogP contribution < -0.4 is 10.6 Å². The van der Waals surface area contributed by atoms with Crippen LogP contribution >= 0.6 is 11.3 Å². The van der Waals surface area contributed by atoms with Crippen LogP contribution in [0.25, 0.3) is 0 Å². The van der Waals surface area contributed by atoms with Gasteiger partial charge in [0.2, 0.25) is 0 Å². The van der Waals surface area contributed by atoms with E-state index in [-0.39, 0.29) is 0 Å². The molecule has 5 heteroatoms. The van der Waals surface area contributed by atoms with Gasteiger partial charge in [-0.05, 0) is 12.3 Å². The summed E-state index contributed by atoms with van der Waals surface area (Å²) in [6.45, 7) is 9.73. The van der Waals surface area contributed by atoms with Gasteiger partial charge in [0, 0.05) is 50.3 Å². The van der Waals surface area contributed by atoms with E-state index in [2.05, 4.69) is 28.6 Å². The van der Waals surface area contributed by atoms with Crippen LogP contribution in [-0.2, 0) is 0 Å². The second-order valence-corrected chi connectivity index (χ2v) is 6.28. The standard InChI is InChI=1S/C14H26N4S/c1-3-4-12(2)13(11-15)17-6-8-18(9-7-17)14-16-5-10-19-14/h5,10,12-13H,3-4,6-9,11,15H2,1-2H3. The van der Waals surface area contributed by atoms with Crippen molar-refractivity contribution in [3.63, 3.8) is 0 Å². The lowest BCUT2D eigenvalue weighted by atomic mass is 9.95. The predicted octanol–water partition coefficient (Wildman–Crippen LogP) is 2.03. The first kappa shape index (κ1) is 14.8. The monoisotopic (exact) mass is 282 g/mol. The maximum absolute atomic E-state index is 6.00. The number of aromatic nitrogens is 1. The first-order chi connectivity index (χ1) is 9.26. The molecule has 2 rings (SSSR count). The van der Waals surface area contributed by atoms with E-state index in [1.54, 1.807) is 11.3 Å². The summed E-state index contributed by atoms with van der Waals surface area (Å²) in [6, 6.07) is 0.540. The molecule has 2 heterocycles. The summed E-state index contributed by atoms with van der Waals surface area (Å²) in [6.07, 6.45) is 4.41. The van der Waals surface area contributed by atoms with Crippen molar-refractivity contribution in [2.45, 2.75) is 32.7 Å². The molecule has 0 amide bonds. The molecule has 2 N–H and O–H groups in total. The maximum atomic E-state index is 6.00. The minimum atomic E-state index is 0.540. The van der Waals surface area contributed by atoms with E-state index in [1.807, 2.05) is 11.6 Å². The van der Waals surface area contributed by atoms with Crippen LogP contribution in [0.2, 0.25) is 0 Å². The van der Waals surface area contributed by atoms with E-state index in [1.165, 1.54) is 12.8 Å². The fraction of sp³-hybridized carbons (Fsp3) is 0.786. The van der Waals surface area contributed by atoms with Crippen molar-refractivity contribution in [3.05, 3.63) is 11.6 Å². The van der Waals surface area contributed by atoms with Gasteiger partial charge in [-0.1, -0.05) is 20.3 Å². The summed E-state index contributed by atoms with van der Waals surface area (Å²) in [5, 5.41) is 3.21. The molecule has 0 aliphatic carbocycles. The Morgan fingerprint density at radius 3 is 2.63 bits per heavy atom. The van der Waals surface area contributed by atoms with E-state index in [0.717, 1.165) is 37.9 Å². The highest BCUT2D eigenvalue weighted by Gasteiger charge is 2.27. The van der Waals surface area contributed by atoms with Crippen molar-refractivity contribution in [1.29, 1.82) is 0 Å². The van der Waals surface area contributed by atoms with Crippen molar-refractivity contribution in [2.24, 2.45) is 11.7 Å². The normalized spacial score (nSPS) is 20.5. The summed E-state index contributed by atoms with van der Waals surface area (Å²) in [5.74, 6) is 0.696. The molecule has 1 aliphatic rings. The summed E-state index contributed by atoms with van der Waals surface area (Å²) < 4.78 is 0. The number of piperazine rings is 1. The number of anilines is 1. The van der Waals surface area contributed by atoms with Crippen molar-refractivity contribution < 1.29 is 0 Å². The molecule has 1 saturated heterocycles. The number of thiazole rings is 1. The van der Waals surface area contributed by atoms with Gasteiger partial charge in [-0.2, -0.15) is 0 Å². The molecule has 1 aliphatic heterocycles. The molecule has 0 bridgehead atoms. The minimum absolute atomic E-state index is 0.540. The van der Waals surface area contributed by atoms with Gasteiger partial charge < -0.3 is 10.6 Å². The average Bonchev–Trinajstić information content (AvgIpc) is 2.95. The summed E-state index contributed by atoms with van der Waals surface area (Å²) in [4.78, 5) is 9.36. The van der Waals surface area contributed by atoms with Gasteiger partial charge in [0.15, 0.2) is 5.13 Å². The Morgan fingerprint density at radius 1 is 1.37 bits per heavy atom. The van der Waals surface area contributed by atoms with E-state index in [0.29, 0.717) is 12.0 Å². The highest BCUT2D eigenvalue weighted by atomic mass is 32.1. The van der Waals surface area contributed by atoms with Gasteiger partial charge in [-0.15, -0.1) is 11.3 Å². The molecule has 2 atom stereocenters. The first-order valence-corrected chi connectivity index (χ1v) is 8.22. The lowest BCUT2D eigenvalue weighted by Crippen LogP contribution is -2.54. The molecule has 0 aromatic carbocycles. The molecule has 108 valence electrons. The molecule has 0 radical (unpaired) electrons. The van der Waals surface area contributed by atoms with Crippen LogP contribution in [0.15, 0.2) is 11.6 Å². The molecule has 4 nitrogen and oxygen atoms in total. The highest BCUT2D eigenvalue weighted by molar-refractivity contribution is 7.13. The quantitative estimate of drug-likeness (QED) is 0.867. The van der Waals surface area contributed by atoms with Gasteiger partial charge in [0.05, 0.1) is 0 Å². The van der Waals surface area contributed by atoms with E-state index in [4.69, 9.17) is 5.73 Å². The zero-order valence-electron chi connectivity index (χ0n) is 12.1. The molecule has 0 saturated carbocycles. The molecule has 2 unspecified atom stereocenters. The largest absolute Gasteiger partial charge is 0.346 e. The Balaban J connectivity index is 1.87. The average molecular weight is 282 g/mol. The Hall–Kier alpha value is -0.650. The predicted molar refractivity (Wildman–Crippen MR) is 82.8 cm³/mol. The Labute approximate surface area is 120 Å². The van der Waals surface area contributed by atoms with Crippen LogP contribution in [0.4, 0.5) is 5.13 Å². The van der Waals surface area contributed by atoms with Crippen molar-refractivity contribution in [2.75, 3.05) is 37.6 Å². The minimum Gasteiger partial charge on any atom is -0.346 e. The molecule has 0 spiro atoms. The number of hydrogen-bond acceptors (Lipinski definition) is 5. The van der Waals surface area contributed by atoms with Gasteiger partial charge in [-0.3, -0.25) is 4.90 Å². The van der Waals surface area contributed by atoms with Gasteiger partial charge in [0.1, 0.15) is 0 Å². The second kappa shape index (κ2) is 7.22. The number of rotatable bonds is 6. The zero-order valence-corrected chi connectivity index (χ0v) is 12.9. The molecule has 1 fully saturated rings. The lowest BCUT2D eigenvalue weighted by molar-refractivity contribution is 0.139. The maximum Gasteiger partial charge on any atom is 0.185 e. The van der Waals surface area contributed by atoms with Crippen molar-refractivity contribution in [1.82, 2.24) is 9.88 Å². The number of nitrogens with zero attached hydrogens (tertiary/aromatic N) is 3. The third kappa shape index (κ3) is 3.68. The number of nitrogens with two attached hydrogens (primary N) is 1. The van der Waals surface area contributed by atoms with Gasteiger partial charge >= 0.3 is 0 Å².